The standard InChI is InChI=1S/C25H34N2O5/c1-4-25(31)12-9-20-18-6-5-16-13-17(27-32-15-21(28)26-14-22(29)30)7-10-23(16,2)19(18)8-11-24(20,25)3/h1,13,18-20,31H,5-12,14-15H2,2-3H3,(H,26,28)(H,29,30)/b27-17-/t18-,19+,20-,23+,24+,25-/m1/s1. The van der Waals surface area contributed by atoms with E-state index in [0.29, 0.717) is 24.2 Å². The van der Waals surface area contributed by atoms with E-state index in [1.54, 1.807) is 0 Å². The highest BCUT2D eigenvalue weighted by Crippen LogP contribution is 2.67. The summed E-state index contributed by atoms with van der Waals surface area (Å²) in [6.45, 7) is 3.88. The fraction of sp³-hybridized carbons (Fsp3) is 0.720. The van der Waals surface area contributed by atoms with E-state index in [-0.39, 0.29) is 17.4 Å². The minimum absolute atomic E-state index is 0.124. The molecule has 0 saturated heterocycles. The second kappa shape index (κ2) is 8.22. The second-order valence-corrected chi connectivity index (χ2v) is 10.5. The molecule has 0 radical (unpaired) electrons. The number of carbonyl (C=O) groups excluding carboxylic acids is 1. The highest BCUT2D eigenvalue weighted by Gasteiger charge is 2.63. The van der Waals surface area contributed by atoms with Crippen molar-refractivity contribution in [2.45, 2.75) is 70.8 Å². The van der Waals surface area contributed by atoms with Gasteiger partial charge in [-0.25, -0.2) is 0 Å². The van der Waals surface area contributed by atoms with Gasteiger partial charge in [0.15, 0.2) is 6.61 Å². The Morgan fingerprint density at radius 1 is 1.22 bits per heavy atom. The van der Waals surface area contributed by atoms with Gasteiger partial charge in [0.1, 0.15) is 12.1 Å². The van der Waals surface area contributed by atoms with Gasteiger partial charge in [0.2, 0.25) is 0 Å². The predicted octanol–water partition coefficient (Wildman–Crippen LogP) is 2.89. The number of carboxylic acid groups (broad SMARTS) is 1. The number of nitrogens with zero attached hydrogens (tertiary/aromatic N) is 1. The van der Waals surface area contributed by atoms with E-state index < -0.39 is 24.0 Å². The maximum atomic E-state index is 11.6. The van der Waals surface area contributed by atoms with Gasteiger partial charge >= 0.3 is 5.97 Å². The van der Waals surface area contributed by atoms with Crippen molar-refractivity contribution in [1.29, 1.82) is 0 Å². The van der Waals surface area contributed by atoms with E-state index >= 15 is 0 Å². The van der Waals surface area contributed by atoms with Crippen LogP contribution in [0.2, 0.25) is 0 Å². The minimum atomic E-state index is -1.10. The SMILES string of the molecule is C#C[C@@]1(O)CC[C@@H]2[C@@H]3CCC4=C/C(=N\OCC(=O)NCC(=O)O)CC[C@]4(C)[C@H]3CC[C@@]21C. The first kappa shape index (κ1) is 22.8. The zero-order valence-corrected chi connectivity index (χ0v) is 19.0. The molecule has 7 nitrogen and oxygen atoms in total. The number of fused-ring (bicyclic) bond motifs is 5. The molecule has 3 saturated carbocycles. The number of carboxylic acids is 1. The number of rotatable bonds is 5. The fourth-order valence-corrected chi connectivity index (χ4v) is 7.30. The number of hydrogen-bond donors (Lipinski definition) is 3. The van der Waals surface area contributed by atoms with Crippen LogP contribution in [0.15, 0.2) is 16.8 Å². The molecule has 174 valence electrons. The van der Waals surface area contributed by atoms with Crippen LogP contribution in [0.25, 0.3) is 0 Å². The van der Waals surface area contributed by atoms with Gasteiger partial charge in [-0.2, -0.15) is 0 Å². The Morgan fingerprint density at radius 3 is 2.69 bits per heavy atom. The molecule has 7 heteroatoms. The number of aliphatic hydroxyl groups is 1. The maximum Gasteiger partial charge on any atom is 0.322 e. The molecule has 6 atom stereocenters. The number of allylic oxidation sites excluding steroid dienone is 2. The van der Waals surface area contributed by atoms with Crippen LogP contribution in [0.1, 0.15) is 65.2 Å². The summed E-state index contributed by atoms with van der Waals surface area (Å²) in [5.41, 5.74) is 1.22. The lowest BCUT2D eigenvalue weighted by Crippen LogP contribution is -2.54. The van der Waals surface area contributed by atoms with Crippen molar-refractivity contribution in [2.75, 3.05) is 13.2 Å². The van der Waals surface area contributed by atoms with Crippen molar-refractivity contribution in [3.8, 4) is 12.3 Å². The molecular weight excluding hydrogens is 408 g/mol. The van der Waals surface area contributed by atoms with E-state index in [1.807, 2.05) is 0 Å². The van der Waals surface area contributed by atoms with Crippen LogP contribution < -0.4 is 5.32 Å². The van der Waals surface area contributed by atoms with Gasteiger partial charge in [0.25, 0.3) is 5.91 Å². The molecule has 0 unspecified atom stereocenters. The molecular formula is C25H34N2O5. The molecule has 1 amide bonds. The van der Waals surface area contributed by atoms with Crippen LogP contribution in [-0.4, -0.2) is 46.6 Å². The highest BCUT2D eigenvalue weighted by molar-refractivity contribution is 5.96. The van der Waals surface area contributed by atoms with Gasteiger partial charge in [0, 0.05) is 5.41 Å². The number of oxime groups is 1. The lowest BCUT2D eigenvalue weighted by Gasteiger charge is -2.58. The molecule has 4 rings (SSSR count). The zero-order chi connectivity index (χ0) is 23.1. The average Bonchev–Trinajstić information content (AvgIpc) is 3.04. The summed E-state index contributed by atoms with van der Waals surface area (Å²) in [5, 5.41) is 26.1. The topological polar surface area (TPSA) is 108 Å². The minimum Gasteiger partial charge on any atom is -0.480 e. The van der Waals surface area contributed by atoms with Crippen LogP contribution in [0.3, 0.4) is 0 Å². The van der Waals surface area contributed by atoms with Crippen LogP contribution >= 0.6 is 0 Å². The Hall–Kier alpha value is -2.33. The third-order valence-corrected chi connectivity index (χ3v) is 9.18. The molecule has 3 fully saturated rings. The quantitative estimate of drug-likeness (QED) is 0.448. The summed E-state index contributed by atoms with van der Waals surface area (Å²) < 4.78 is 0. The number of carbonyl (C=O) groups is 2. The summed E-state index contributed by atoms with van der Waals surface area (Å²) >= 11 is 0. The van der Waals surface area contributed by atoms with Gasteiger partial charge < -0.3 is 20.4 Å². The van der Waals surface area contributed by atoms with Crippen molar-refractivity contribution < 1.29 is 24.6 Å². The van der Waals surface area contributed by atoms with Gasteiger partial charge in [-0.3, -0.25) is 9.59 Å². The molecule has 0 aromatic carbocycles. The normalized spacial score (nSPS) is 41.5. The molecule has 0 aliphatic heterocycles. The molecule has 4 aliphatic rings. The highest BCUT2D eigenvalue weighted by atomic mass is 16.6. The lowest BCUT2D eigenvalue weighted by molar-refractivity contribution is -0.138. The van der Waals surface area contributed by atoms with Gasteiger partial charge in [0.05, 0.1) is 5.71 Å². The van der Waals surface area contributed by atoms with Crippen molar-refractivity contribution in [1.82, 2.24) is 5.32 Å². The van der Waals surface area contributed by atoms with Gasteiger partial charge in [-0.15, -0.1) is 6.42 Å². The average molecular weight is 443 g/mol. The summed E-state index contributed by atoms with van der Waals surface area (Å²) in [6.07, 6.45) is 15.6. The molecule has 0 aromatic heterocycles. The third kappa shape index (κ3) is 3.63. The Kier molecular flexibility index (Phi) is 5.87. The van der Waals surface area contributed by atoms with Crippen molar-refractivity contribution in [3.63, 3.8) is 0 Å². The van der Waals surface area contributed by atoms with Gasteiger partial charge in [-0.05, 0) is 80.6 Å². The Bertz CT molecular complexity index is 904. The summed E-state index contributed by atoms with van der Waals surface area (Å²) in [6, 6.07) is 0. The van der Waals surface area contributed by atoms with E-state index in [9.17, 15) is 14.7 Å². The van der Waals surface area contributed by atoms with Crippen molar-refractivity contribution in [3.05, 3.63) is 11.6 Å². The molecule has 4 aliphatic carbocycles. The first-order valence-corrected chi connectivity index (χ1v) is 11.7. The lowest BCUT2D eigenvalue weighted by atomic mass is 9.46. The number of terminal acetylenes is 1. The van der Waals surface area contributed by atoms with Gasteiger partial charge in [-0.1, -0.05) is 30.5 Å². The van der Waals surface area contributed by atoms with Crippen LogP contribution in [-0.2, 0) is 14.4 Å². The monoisotopic (exact) mass is 442 g/mol. The largest absolute Gasteiger partial charge is 0.480 e. The first-order chi connectivity index (χ1) is 15.1. The summed E-state index contributed by atoms with van der Waals surface area (Å²) in [5.74, 6) is 2.80. The fourth-order valence-electron chi connectivity index (χ4n) is 7.30. The van der Waals surface area contributed by atoms with Crippen LogP contribution in [0.4, 0.5) is 0 Å². The Morgan fingerprint density at radius 2 is 1.97 bits per heavy atom. The zero-order valence-electron chi connectivity index (χ0n) is 19.0. The molecule has 0 aromatic rings. The smallest absolute Gasteiger partial charge is 0.322 e. The predicted molar refractivity (Wildman–Crippen MR) is 120 cm³/mol. The Labute approximate surface area is 189 Å². The number of aliphatic carboxylic acids is 1. The number of amides is 1. The van der Waals surface area contributed by atoms with Crippen LogP contribution in [0.5, 0.6) is 0 Å². The Balaban J connectivity index is 1.44. The number of nitrogens with one attached hydrogen (secondary N) is 1. The second-order valence-electron chi connectivity index (χ2n) is 10.5. The maximum absolute atomic E-state index is 11.6. The summed E-state index contributed by atoms with van der Waals surface area (Å²) in [7, 11) is 0. The molecule has 0 bridgehead atoms. The van der Waals surface area contributed by atoms with Crippen LogP contribution in [0, 0.1) is 40.9 Å². The molecule has 32 heavy (non-hydrogen) atoms. The molecule has 0 spiro atoms. The van der Waals surface area contributed by atoms with E-state index in [4.69, 9.17) is 16.4 Å². The third-order valence-electron chi connectivity index (χ3n) is 9.18. The number of hydrogen-bond acceptors (Lipinski definition) is 5. The molecule has 0 heterocycles. The molecule has 3 N–H and O–H groups in total. The van der Waals surface area contributed by atoms with E-state index in [0.717, 1.165) is 50.7 Å². The first-order valence-electron chi connectivity index (χ1n) is 11.7. The summed E-state index contributed by atoms with van der Waals surface area (Å²) in [4.78, 5) is 27.3. The van der Waals surface area contributed by atoms with E-state index in [2.05, 4.69) is 36.3 Å². The van der Waals surface area contributed by atoms with Crippen molar-refractivity contribution >= 4 is 17.6 Å². The van der Waals surface area contributed by atoms with Crippen molar-refractivity contribution in [2.24, 2.45) is 33.7 Å². The van der Waals surface area contributed by atoms with E-state index in [1.165, 1.54) is 5.57 Å².